The lowest BCUT2D eigenvalue weighted by molar-refractivity contribution is 0.414. The van der Waals surface area contributed by atoms with Crippen molar-refractivity contribution in [1.29, 1.82) is 0 Å². The molecule has 0 fully saturated rings. The molecule has 2 aromatic carbocycles. The molecule has 0 aromatic heterocycles. The van der Waals surface area contributed by atoms with E-state index in [4.69, 9.17) is 27.9 Å². The predicted molar refractivity (Wildman–Crippen MR) is 80.3 cm³/mol. The van der Waals surface area contributed by atoms with E-state index >= 15 is 0 Å². The van der Waals surface area contributed by atoms with E-state index in [0.29, 0.717) is 16.3 Å². The van der Waals surface area contributed by atoms with Crippen LogP contribution in [0.3, 0.4) is 0 Å². The SMILES string of the molecule is CNC(c1ccc(OC)cc1Cl)c1cccc(Cl)c1F. The van der Waals surface area contributed by atoms with Gasteiger partial charge < -0.3 is 10.1 Å². The number of hydrogen-bond donors (Lipinski definition) is 1. The molecule has 2 nitrogen and oxygen atoms in total. The second kappa shape index (κ2) is 6.44. The molecule has 2 rings (SSSR count). The normalized spacial score (nSPS) is 12.2. The predicted octanol–water partition coefficient (Wildman–Crippen LogP) is 4.45. The van der Waals surface area contributed by atoms with Gasteiger partial charge in [-0.1, -0.05) is 41.4 Å². The Morgan fingerprint density at radius 1 is 1.10 bits per heavy atom. The Balaban J connectivity index is 2.50. The molecule has 0 aliphatic rings. The highest BCUT2D eigenvalue weighted by Crippen LogP contribution is 2.33. The van der Waals surface area contributed by atoms with E-state index in [1.807, 2.05) is 6.07 Å². The van der Waals surface area contributed by atoms with Crippen LogP contribution in [0.1, 0.15) is 17.2 Å². The second-order valence-corrected chi connectivity index (χ2v) is 5.07. The van der Waals surface area contributed by atoms with Crippen LogP contribution in [0, 0.1) is 5.82 Å². The van der Waals surface area contributed by atoms with Crippen LogP contribution in [0.2, 0.25) is 10.0 Å². The summed E-state index contributed by atoms with van der Waals surface area (Å²) in [5, 5.41) is 3.65. The summed E-state index contributed by atoms with van der Waals surface area (Å²) in [4.78, 5) is 0. The Labute approximate surface area is 127 Å². The molecule has 0 radical (unpaired) electrons. The molecular weight excluding hydrogens is 300 g/mol. The molecule has 20 heavy (non-hydrogen) atoms. The third-order valence-electron chi connectivity index (χ3n) is 3.10. The zero-order valence-corrected chi connectivity index (χ0v) is 12.6. The highest BCUT2D eigenvalue weighted by molar-refractivity contribution is 6.31. The zero-order valence-electron chi connectivity index (χ0n) is 11.1. The Morgan fingerprint density at radius 2 is 1.85 bits per heavy atom. The van der Waals surface area contributed by atoms with E-state index in [1.54, 1.807) is 38.4 Å². The molecule has 5 heteroatoms. The standard InChI is InChI=1S/C15H14Cl2FNO/c1-19-15(11-4-3-5-12(16)14(11)18)10-7-6-9(20-2)8-13(10)17/h3-8,15,19H,1-2H3. The van der Waals surface area contributed by atoms with E-state index in [0.717, 1.165) is 5.56 Å². The van der Waals surface area contributed by atoms with Crippen LogP contribution in [0.25, 0.3) is 0 Å². The van der Waals surface area contributed by atoms with Gasteiger partial charge in [-0.2, -0.15) is 0 Å². The lowest BCUT2D eigenvalue weighted by Gasteiger charge is -2.20. The molecule has 0 saturated carbocycles. The lowest BCUT2D eigenvalue weighted by Crippen LogP contribution is -2.19. The van der Waals surface area contributed by atoms with E-state index in [-0.39, 0.29) is 11.1 Å². The third-order valence-corrected chi connectivity index (χ3v) is 3.72. The molecule has 2 aromatic rings. The number of rotatable bonds is 4. The van der Waals surface area contributed by atoms with E-state index in [9.17, 15) is 4.39 Å². The molecule has 0 aliphatic carbocycles. The molecular formula is C15H14Cl2FNO. The summed E-state index contributed by atoms with van der Waals surface area (Å²) in [7, 11) is 3.31. The fourth-order valence-electron chi connectivity index (χ4n) is 2.09. The number of benzene rings is 2. The van der Waals surface area contributed by atoms with Crippen molar-refractivity contribution >= 4 is 23.2 Å². The maximum atomic E-state index is 14.2. The maximum Gasteiger partial charge on any atom is 0.146 e. The van der Waals surface area contributed by atoms with Crippen LogP contribution in [0.15, 0.2) is 36.4 Å². The fourth-order valence-corrected chi connectivity index (χ4v) is 2.55. The summed E-state index contributed by atoms with van der Waals surface area (Å²) in [5.74, 6) is 0.209. The van der Waals surface area contributed by atoms with Gasteiger partial charge in [0, 0.05) is 10.6 Å². The third kappa shape index (κ3) is 2.90. The van der Waals surface area contributed by atoms with Crippen molar-refractivity contribution in [1.82, 2.24) is 5.32 Å². The van der Waals surface area contributed by atoms with Crippen LogP contribution in [-0.4, -0.2) is 14.2 Å². The molecule has 0 bridgehead atoms. The number of halogens is 3. The minimum absolute atomic E-state index is 0.0902. The molecule has 0 heterocycles. The summed E-state index contributed by atoms with van der Waals surface area (Å²) < 4.78 is 19.3. The highest BCUT2D eigenvalue weighted by atomic mass is 35.5. The Hall–Kier alpha value is -1.29. The maximum absolute atomic E-state index is 14.2. The summed E-state index contributed by atoms with van der Waals surface area (Å²) in [6.07, 6.45) is 0. The van der Waals surface area contributed by atoms with E-state index in [1.165, 1.54) is 6.07 Å². The topological polar surface area (TPSA) is 21.3 Å². The summed E-state index contributed by atoms with van der Waals surface area (Å²) >= 11 is 12.1. The second-order valence-electron chi connectivity index (χ2n) is 4.25. The molecule has 0 spiro atoms. The van der Waals surface area contributed by atoms with Crippen LogP contribution in [0.4, 0.5) is 4.39 Å². The van der Waals surface area contributed by atoms with Crippen LogP contribution < -0.4 is 10.1 Å². The van der Waals surface area contributed by atoms with Gasteiger partial charge in [0.25, 0.3) is 0 Å². The highest BCUT2D eigenvalue weighted by Gasteiger charge is 2.20. The Morgan fingerprint density at radius 3 is 2.45 bits per heavy atom. The molecule has 1 N–H and O–H groups in total. The first kappa shape index (κ1) is 15.1. The lowest BCUT2D eigenvalue weighted by atomic mass is 9.98. The minimum Gasteiger partial charge on any atom is -0.497 e. The first-order valence-electron chi connectivity index (χ1n) is 6.03. The van der Waals surface area contributed by atoms with E-state index in [2.05, 4.69) is 5.32 Å². The summed E-state index contributed by atoms with van der Waals surface area (Å²) in [5.41, 5.74) is 1.21. The van der Waals surface area contributed by atoms with Gasteiger partial charge in [-0.15, -0.1) is 0 Å². The Kier molecular flexibility index (Phi) is 4.86. The summed E-state index contributed by atoms with van der Waals surface area (Å²) in [6, 6.07) is 9.82. The van der Waals surface area contributed by atoms with Crippen molar-refractivity contribution in [2.45, 2.75) is 6.04 Å². The first-order chi connectivity index (χ1) is 9.58. The molecule has 0 saturated heterocycles. The van der Waals surface area contributed by atoms with Gasteiger partial charge in [0.05, 0.1) is 18.2 Å². The molecule has 1 unspecified atom stereocenters. The van der Waals surface area contributed by atoms with Gasteiger partial charge in [-0.05, 0) is 30.8 Å². The van der Waals surface area contributed by atoms with Crippen molar-refractivity contribution < 1.29 is 9.13 Å². The van der Waals surface area contributed by atoms with Crippen LogP contribution >= 0.6 is 23.2 Å². The smallest absolute Gasteiger partial charge is 0.146 e. The average molecular weight is 314 g/mol. The van der Waals surface area contributed by atoms with Gasteiger partial charge >= 0.3 is 0 Å². The average Bonchev–Trinajstić information content (AvgIpc) is 2.45. The molecule has 106 valence electrons. The van der Waals surface area contributed by atoms with Crippen LogP contribution in [0.5, 0.6) is 5.75 Å². The van der Waals surface area contributed by atoms with Gasteiger partial charge in [-0.3, -0.25) is 0 Å². The number of nitrogens with one attached hydrogen (secondary N) is 1. The quantitative estimate of drug-likeness (QED) is 0.900. The van der Waals surface area contributed by atoms with E-state index < -0.39 is 5.82 Å². The number of hydrogen-bond acceptors (Lipinski definition) is 2. The molecule has 0 aliphatic heterocycles. The monoisotopic (exact) mass is 313 g/mol. The van der Waals surface area contributed by atoms with Gasteiger partial charge in [-0.25, -0.2) is 4.39 Å². The van der Waals surface area contributed by atoms with Crippen molar-refractivity contribution in [2.24, 2.45) is 0 Å². The first-order valence-corrected chi connectivity index (χ1v) is 6.78. The Bertz CT molecular complexity index is 619. The van der Waals surface area contributed by atoms with Gasteiger partial charge in [0.1, 0.15) is 11.6 Å². The largest absolute Gasteiger partial charge is 0.497 e. The van der Waals surface area contributed by atoms with Crippen molar-refractivity contribution in [3.05, 3.63) is 63.4 Å². The molecule has 0 amide bonds. The number of methoxy groups -OCH3 is 1. The number of ether oxygens (including phenoxy) is 1. The van der Waals surface area contributed by atoms with Gasteiger partial charge in [0.2, 0.25) is 0 Å². The van der Waals surface area contributed by atoms with Crippen molar-refractivity contribution in [3.8, 4) is 5.75 Å². The minimum atomic E-state index is -0.444. The van der Waals surface area contributed by atoms with Crippen molar-refractivity contribution in [2.75, 3.05) is 14.2 Å². The summed E-state index contributed by atoms with van der Waals surface area (Å²) in [6.45, 7) is 0. The van der Waals surface area contributed by atoms with Crippen LogP contribution in [-0.2, 0) is 0 Å². The zero-order chi connectivity index (χ0) is 14.7. The van der Waals surface area contributed by atoms with Gasteiger partial charge in [0.15, 0.2) is 0 Å². The van der Waals surface area contributed by atoms with Crippen molar-refractivity contribution in [3.63, 3.8) is 0 Å². The molecule has 1 atom stereocenters. The fraction of sp³-hybridized carbons (Fsp3) is 0.200.